The summed E-state index contributed by atoms with van der Waals surface area (Å²) in [7, 11) is -2.49. The van der Waals surface area contributed by atoms with Crippen LogP contribution in [0.4, 0.5) is 28.8 Å². The minimum atomic E-state index is -2.49. The quantitative estimate of drug-likeness (QED) is 0.447. The van der Waals surface area contributed by atoms with Crippen molar-refractivity contribution < 1.29 is 9.30 Å². The minimum Gasteiger partial charge on any atom is -0.489 e. The highest BCUT2D eigenvalue weighted by atomic mass is 35.5. The number of anilines is 5. The molecular weight excluding hydrogens is 471 g/mol. The molecule has 2 aliphatic heterocycles. The average molecular weight is 499 g/mol. The second kappa shape index (κ2) is 9.10. The standard InChI is InChI=1S/C24H28ClN6O2P/c1-15-10-16(11-20-22(15)31-9-8-26-12-17(31)14-33-20)28-24-27-13-18(25)23(30-24)29-19-6-4-5-7-21(19)34(2,3)32/h4-7,10-11,13,17,26H,8-9,12,14H2,1-3H3,(H2,27,28,29,30)/t17-/m1/s1. The first-order valence-electron chi connectivity index (χ1n) is 11.3. The van der Waals surface area contributed by atoms with E-state index in [9.17, 15) is 4.57 Å². The van der Waals surface area contributed by atoms with E-state index in [-0.39, 0.29) is 0 Å². The zero-order valence-corrected chi connectivity index (χ0v) is 21.1. The molecule has 0 spiro atoms. The number of hydrogen-bond acceptors (Lipinski definition) is 8. The summed E-state index contributed by atoms with van der Waals surface area (Å²) >= 11 is 6.39. The van der Waals surface area contributed by atoms with Crippen LogP contribution in [0.1, 0.15) is 5.56 Å². The molecule has 3 heterocycles. The van der Waals surface area contributed by atoms with Gasteiger partial charge in [-0.15, -0.1) is 0 Å². The number of nitrogens with one attached hydrogen (secondary N) is 3. The van der Waals surface area contributed by atoms with Gasteiger partial charge in [0.25, 0.3) is 0 Å². The number of hydrogen-bond donors (Lipinski definition) is 3. The van der Waals surface area contributed by atoms with Gasteiger partial charge in [0.2, 0.25) is 5.95 Å². The van der Waals surface area contributed by atoms with E-state index in [1.165, 1.54) is 0 Å². The number of aromatic nitrogens is 2. The first-order valence-corrected chi connectivity index (χ1v) is 14.2. The number of halogens is 1. The van der Waals surface area contributed by atoms with E-state index in [1.807, 2.05) is 30.3 Å². The van der Waals surface area contributed by atoms with Gasteiger partial charge in [0.15, 0.2) is 5.82 Å². The Bertz CT molecular complexity index is 1280. The van der Waals surface area contributed by atoms with Crippen molar-refractivity contribution in [2.75, 3.05) is 55.1 Å². The van der Waals surface area contributed by atoms with Gasteiger partial charge in [-0.05, 0) is 44.0 Å². The third-order valence-electron chi connectivity index (χ3n) is 6.07. The minimum absolute atomic E-state index is 0.358. The number of aryl methyl sites for hydroxylation is 1. The van der Waals surface area contributed by atoms with E-state index < -0.39 is 7.14 Å². The summed E-state index contributed by atoms with van der Waals surface area (Å²) in [4.78, 5) is 11.4. The third-order valence-corrected chi connectivity index (χ3v) is 7.90. The second-order valence-corrected chi connectivity index (χ2v) is 12.6. The molecule has 5 rings (SSSR count). The Balaban J connectivity index is 1.41. The van der Waals surface area contributed by atoms with Crippen molar-refractivity contribution in [3.8, 4) is 5.75 Å². The van der Waals surface area contributed by atoms with Gasteiger partial charge in [-0.2, -0.15) is 4.98 Å². The molecule has 0 amide bonds. The number of benzene rings is 2. The molecule has 3 N–H and O–H groups in total. The molecule has 2 aromatic carbocycles. The fraction of sp³-hybridized carbons (Fsp3) is 0.333. The van der Waals surface area contributed by atoms with Crippen LogP contribution in [0.15, 0.2) is 42.6 Å². The van der Waals surface area contributed by atoms with Crippen molar-refractivity contribution in [1.82, 2.24) is 15.3 Å². The zero-order chi connectivity index (χ0) is 23.9. The van der Waals surface area contributed by atoms with Crippen molar-refractivity contribution in [1.29, 1.82) is 0 Å². The summed E-state index contributed by atoms with van der Waals surface area (Å²) in [5.74, 6) is 1.70. The molecule has 178 valence electrons. The lowest BCUT2D eigenvalue weighted by atomic mass is 10.0. The first-order chi connectivity index (χ1) is 16.3. The Kier molecular flexibility index (Phi) is 6.15. The smallest absolute Gasteiger partial charge is 0.229 e. The highest BCUT2D eigenvalue weighted by molar-refractivity contribution is 7.70. The van der Waals surface area contributed by atoms with Gasteiger partial charge in [0, 0.05) is 36.7 Å². The van der Waals surface area contributed by atoms with Gasteiger partial charge in [-0.3, -0.25) is 0 Å². The summed E-state index contributed by atoms with van der Waals surface area (Å²) in [6.45, 7) is 9.11. The zero-order valence-electron chi connectivity index (χ0n) is 19.4. The van der Waals surface area contributed by atoms with Crippen LogP contribution in [0.5, 0.6) is 5.75 Å². The predicted molar refractivity (Wildman–Crippen MR) is 140 cm³/mol. The predicted octanol–water partition coefficient (Wildman–Crippen LogP) is 4.34. The van der Waals surface area contributed by atoms with Gasteiger partial charge in [-0.25, -0.2) is 4.98 Å². The fourth-order valence-electron chi connectivity index (χ4n) is 4.51. The van der Waals surface area contributed by atoms with Crippen molar-refractivity contribution in [3.63, 3.8) is 0 Å². The molecule has 34 heavy (non-hydrogen) atoms. The molecule has 1 atom stereocenters. The maximum atomic E-state index is 12.7. The number of piperazine rings is 1. The van der Waals surface area contributed by atoms with Crippen LogP contribution in [-0.2, 0) is 4.57 Å². The Morgan fingerprint density at radius 1 is 1.24 bits per heavy atom. The number of fused-ring (bicyclic) bond motifs is 3. The van der Waals surface area contributed by atoms with E-state index >= 15 is 0 Å². The van der Waals surface area contributed by atoms with Crippen LogP contribution in [0.3, 0.4) is 0 Å². The molecule has 0 radical (unpaired) electrons. The lowest BCUT2D eigenvalue weighted by Crippen LogP contribution is -2.56. The lowest BCUT2D eigenvalue weighted by Gasteiger charge is -2.42. The van der Waals surface area contributed by atoms with Gasteiger partial charge in [0.1, 0.15) is 24.5 Å². The Labute approximate surface area is 204 Å². The fourth-order valence-corrected chi connectivity index (χ4v) is 5.80. The molecule has 0 saturated carbocycles. The van der Waals surface area contributed by atoms with Crippen molar-refractivity contribution in [2.24, 2.45) is 0 Å². The number of para-hydroxylation sites is 1. The number of rotatable bonds is 5. The number of nitrogens with zero attached hydrogens (tertiary/aromatic N) is 3. The molecule has 3 aromatic rings. The van der Waals surface area contributed by atoms with Crippen LogP contribution in [-0.4, -0.2) is 55.6 Å². The lowest BCUT2D eigenvalue weighted by molar-refractivity contribution is 0.247. The maximum Gasteiger partial charge on any atom is 0.229 e. The van der Waals surface area contributed by atoms with Crippen LogP contribution < -0.4 is 30.9 Å². The molecule has 0 bridgehead atoms. The van der Waals surface area contributed by atoms with E-state index in [0.717, 1.165) is 47.6 Å². The van der Waals surface area contributed by atoms with Crippen LogP contribution in [0.25, 0.3) is 0 Å². The second-order valence-electron chi connectivity index (χ2n) is 9.01. The van der Waals surface area contributed by atoms with E-state index in [2.05, 4.69) is 43.8 Å². The van der Waals surface area contributed by atoms with Gasteiger partial charge >= 0.3 is 0 Å². The Morgan fingerprint density at radius 2 is 2.06 bits per heavy atom. The largest absolute Gasteiger partial charge is 0.489 e. The highest BCUT2D eigenvalue weighted by Gasteiger charge is 2.31. The van der Waals surface area contributed by atoms with Crippen LogP contribution >= 0.6 is 18.7 Å². The SMILES string of the molecule is Cc1cc(Nc2ncc(Cl)c(Nc3ccccc3P(C)(C)=O)n2)cc2c1N1CCNC[C@@H]1CO2. The molecular formula is C24H28ClN6O2P. The third kappa shape index (κ3) is 4.58. The van der Waals surface area contributed by atoms with Gasteiger partial charge < -0.3 is 30.2 Å². The van der Waals surface area contributed by atoms with Gasteiger partial charge in [-0.1, -0.05) is 23.7 Å². The van der Waals surface area contributed by atoms with E-state index in [0.29, 0.717) is 35.1 Å². The topological polar surface area (TPSA) is 91.4 Å². The monoisotopic (exact) mass is 498 g/mol. The number of ether oxygens (including phenoxy) is 1. The first kappa shape index (κ1) is 23.0. The molecule has 2 aliphatic rings. The summed E-state index contributed by atoms with van der Waals surface area (Å²) in [5, 5.41) is 11.1. The summed E-state index contributed by atoms with van der Waals surface area (Å²) < 4.78 is 18.8. The molecule has 1 saturated heterocycles. The summed E-state index contributed by atoms with van der Waals surface area (Å²) in [5.41, 5.74) is 3.84. The Hall–Kier alpha value is -2.80. The van der Waals surface area contributed by atoms with Crippen molar-refractivity contribution in [2.45, 2.75) is 13.0 Å². The van der Waals surface area contributed by atoms with Gasteiger partial charge in [0.05, 0.1) is 23.6 Å². The van der Waals surface area contributed by atoms with E-state index in [4.69, 9.17) is 16.3 Å². The van der Waals surface area contributed by atoms with Crippen molar-refractivity contribution in [3.05, 3.63) is 53.2 Å². The molecule has 0 unspecified atom stereocenters. The molecule has 1 fully saturated rings. The molecule has 10 heteroatoms. The summed E-state index contributed by atoms with van der Waals surface area (Å²) in [6, 6.07) is 11.9. The summed E-state index contributed by atoms with van der Waals surface area (Å²) in [6.07, 6.45) is 1.55. The average Bonchev–Trinajstić information content (AvgIpc) is 2.80. The Morgan fingerprint density at radius 3 is 2.88 bits per heavy atom. The van der Waals surface area contributed by atoms with Crippen molar-refractivity contribution >= 4 is 52.9 Å². The maximum absolute atomic E-state index is 12.7. The van der Waals surface area contributed by atoms with Crippen LogP contribution in [0.2, 0.25) is 5.02 Å². The molecule has 8 nitrogen and oxygen atoms in total. The highest BCUT2D eigenvalue weighted by Crippen LogP contribution is 2.41. The van der Waals surface area contributed by atoms with Crippen LogP contribution in [0, 0.1) is 6.92 Å². The molecule has 1 aromatic heterocycles. The molecule has 0 aliphatic carbocycles. The normalized spacial score (nSPS) is 17.4. The van der Waals surface area contributed by atoms with E-state index in [1.54, 1.807) is 19.5 Å².